The summed E-state index contributed by atoms with van der Waals surface area (Å²) in [5, 5.41) is 8.03. The van der Waals surface area contributed by atoms with Crippen molar-refractivity contribution in [1.82, 2.24) is 20.0 Å². The van der Waals surface area contributed by atoms with E-state index in [9.17, 15) is 18.4 Å². The lowest BCUT2D eigenvalue weighted by molar-refractivity contribution is -0.148. The van der Waals surface area contributed by atoms with E-state index in [-0.39, 0.29) is 30.5 Å². The van der Waals surface area contributed by atoms with Gasteiger partial charge in [-0.15, -0.1) is 0 Å². The molecule has 0 spiro atoms. The van der Waals surface area contributed by atoms with Crippen molar-refractivity contribution in [2.75, 3.05) is 13.1 Å². The molecule has 1 unspecified atom stereocenters. The second kappa shape index (κ2) is 8.24. The van der Waals surface area contributed by atoms with Crippen LogP contribution in [0.1, 0.15) is 43.7 Å². The zero-order valence-corrected chi connectivity index (χ0v) is 19.2. The average molecular weight is 455 g/mol. The van der Waals surface area contributed by atoms with E-state index in [0.29, 0.717) is 11.9 Å². The number of fused-ring (bicyclic) bond motifs is 1. The van der Waals surface area contributed by atoms with Crippen molar-refractivity contribution in [3.05, 3.63) is 65.6 Å². The molecule has 174 valence electrons. The van der Waals surface area contributed by atoms with E-state index in [0.717, 1.165) is 11.1 Å². The number of nitrogens with zero attached hydrogens (tertiary/aromatic N) is 3. The van der Waals surface area contributed by atoms with Crippen molar-refractivity contribution in [1.29, 1.82) is 0 Å². The van der Waals surface area contributed by atoms with E-state index in [1.54, 1.807) is 22.9 Å². The largest absolute Gasteiger partial charge is 0.338 e. The van der Waals surface area contributed by atoms with Crippen molar-refractivity contribution in [3.63, 3.8) is 0 Å². The topological polar surface area (TPSA) is 67.2 Å². The Bertz CT molecular complexity index is 1190. The number of aromatic nitrogens is 2. The van der Waals surface area contributed by atoms with Gasteiger partial charge in [0.1, 0.15) is 17.5 Å². The van der Waals surface area contributed by atoms with Crippen LogP contribution >= 0.6 is 0 Å². The molecule has 2 heterocycles. The van der Waals surface area contributed by atoms with E-state index < -0.39 is 23.0 Å². The summed E-state index contributed by atoms with van der Waals surface area (Å²) in [5.74, 6) is -1.10. The highest BCUT2D eigenvalue weighted by molar-refractivity contribution is 6.06. The summed E-state index contributed by atoms with van der Waals surface area (Å²) < 4.78 is 28.9. The molecule has 0 aliphatic carbocycles. The summed E-state index contributed by atoms with van der Waals surface area (Å²) >= 11 is 0. The number of hydrogen-bond donors (Lipinski definition) is 1. The van der Waals surface area contributed by atoms with Crippen molar-refractivity contribution in [3.8, 4) is 0 Å². The van der Waals surface area contributed by atoms with Gasteiger partial charge in [0.2, 0.25) is 5.91 Å². The van der Waals surface area contributed by atoms with E-state index >= 15 is 0 Å². The van der Waals surface area contributed by atoms with E-state index in [1.807, 2.05) is 39.0 Å². The van der Waals surface area contributed by atoms with Crippen LogP contribution in [0.5, 0.6) is 0 Å². The minimum atomic E-state index is -1.39. The van der Waals surface area contributed by atoms with Crippen molar-refractivity contribution in [2.24, 2.45) is 5.41 Å². The Morgan fingerprint density at radius 1 is 1.12 bits per heavy atom. The van der Waals surface area contributed by atoms with E-state index in [2.05, 4.69) is 10.4 Å². The molecule has 1 atom stereocenters. The minimum Gasteiger partial charge on any atom is -0.338 e. The molecule has 1 aliphatic rings. The Hall–Kier alpha value is -3.29. The number of para-hydroxylation sites is 1. The molecule has 4 rings (SSSR count). The molecule has 0 bridgehead atoms. The normalized spacial score (nSPS) is 16.4. The lowest BCUT2D eigenvalue weighted by Crippen LogP contribution is -2.65. The summed E-state index contributed by atoms with van der Waals surface area (Å²) in [6.07, 6.45) is 0. The zero-order valence-electron chi connectivity index (χ0n) is 19.2. The molecule has 33 heavy (non-hydrogen) atoms. The van der Waals surface area contributed by atoms with E-state index in [4.69, 9.17) is 0 Å². The van der Waals surface area contributed by atoms with Gasteiger partial charge in [-0.2, -0.15) is 5.10 Å². The predicted molar refractivity (Wildman–Crippen MR) is 122 cm³/mol. The Morgan fingerprint density at radius 3 is 2.36 bits per heavy atom. The Morgan fingerprint density at radius 2 is 1.76 bits per heavy atom. The van der Waals surface area contributed by atoms with Crippen LogP contribution in [0.2, 0.25) is 0 Å². The van der Waals surface area contributed by atoms with Gasteiger partial charge < -0.3 is 10.2 Å². The minimum absolute atomic E-state index is 0.0174. The van der Waals surface area contributed by atoms with Gasteiger partial charge in [0.25, 0.3) is 5.91 Å². The van der Waals surface area contributed by atoms with Crippen LogP contribution < -0.4 is 5.32 Å². The number of benzene rings is 2. The maximum absolute atomic E-state index is 14.0. The van der Waals surface area contributed by atoms with Crippen molar-refractivity contribution >= 4 is 22.7 Å². The summed E-state index contributed by atoms with van der Waals surface area (Å²) in [6, 6.07) is 12.6. The average Bonchev–Trinajstić information content (AvgIpc) is 3.09. The first-order chi connectivity index (χ1) is 15.4. The van der Waals surface area contributed by atoms with Crippen LogP contribution in [-0.4, -0.2) is 51.3 Å². The molecule has 6 nitrogen and oxygen atoms in total. The molecule has 2 amide bonds. The first kappa shape index (κ1) is 22.9. The third-order valence-electron chi connectivity index (χ3n) is 5.86. The number of amides is 2. The molecule has 1 fully saturated rings. The van der Waals surface area contributed by atoms with Gasteiger partial charge in [-0.3, -0.25) is 14.3 Å². The van der Waals surface area contributed by atoms with Gasteiger partial charge in [0, 0.05) is 5.39 Å². The fraction of sp³-hybridized carbons (Fsp3) is 0.400. The molecule has 0 radical (unpaired) electrons. The predicted octanol–water partition coefficient (Wildman–Crippen LogP) is 3.94. The monoisotopic (exact) mass is 454 g/mol. The quantitative estimate of drug-likeness (QED) is 0.635. The van der Waals surface area contributed by atoms with Crippen LogP contribution in [0, 0.1) is 11.2 Å². The number of halogens is 2. The molecule has 1 N–H and O–H groups in total. The Labute approximate surface area is 191 Å². The maximum Gasteiger partial charge on any atom is 0.273 e. The summed E-state index contributed by atoms with van der Waals surface area (Å²) in [4.78, 5) is 27.8. The first-order valence-corrected chi connectivity index (χ1v) is 10.9. The van der Waals surface area contributed by atoms with Crippen molar-refractivity contribution < 1.29 is 18.4 Å². The fourth-order valence-electron chi connectivity index (χ4n) is 4.11. The number of carbonyl (C=O) groups is 2. The van der Waals surface area contributed by atoms with Crippen LogP contribution in [-0.2, 0) is 11.3 Å². The second-order valence-electron chi connectivity index (χ2n) is 10.0. The molecule has 1 aliphatic heterocycles. The maximum atomic E-state index is 14.0. The Balaban J connectivity index is 1.61. The molecule has 1 saturated heterocycles. The highest BCUT2D eigenvalue weighted by atomic mass is 19.1. The summed E-state index contributed by atoms with van der Waals surface area (Å²) in [5.41, 5.74) is -0.180. The first-order valence-electron chi connectivity index (χ1n) is 10.9. The third-order valence-corrected chi connectivity index (χ3v) is 5.86. The molecule has 8 heteroatoms. The van der Waals surface area contributed by atoms with Gasteiger partial charge in [-0.25, -0.2) is 8.78 Å². The number of alkyl halides is 1. The molecular formula is C25H28F2N4O2. The standard InChI is InChI=1S/C25H28F2N4O2/c1-24(2,3)21(23(33)30-14-25(4,27)15-30)28-22(32)20-18-7-5-6-8-19(18)31(29-20)13-16-9-11-17(26)12-10-16/h5-12,21H,13-15H2,1-4H3,(H,28,32). The van der Waals surface area contributed by atoms with Gasteiger partial charge in [0.05, 0.1) is 25.2 Å². The van der Waals surface area contributed by atoms with Crippen LogP contribution in [0.15, 0.2) is 48.5 Å². The number of likely N-dealkylation sites (tertiary alicyclic amines) is 1. The van der Waals surface area contributed by atoms with Gasteiger partial charge >= 0.3 is 0 Å². The highest BCUT2D eigenvalue weighted by Crippen LogP contribution is 2.29. The Kier molecular flexibility index (Phi) is 5.72. The summed E-state index contributed by atoms with van der Waals surface area (Å²) in [7, 11) is 0. The molecule has 0 saturated carbocycles. The summed E-state index contributed by atoms with van der Waals surface area (Å²) in [6.45, 7) is 7.42. The second-order valence-corrected chi connectivity index (χ2v) is 10.0. The van der Waals surface area contributed by atoms with Crippen molar-refractivity contribution in [2.45, 2.75) is 46.0 Å². The molecular weight excluding hydrogens is 426 g/mol. The number of carbonyl (C=O) groups excluding carboxylic acids is 2. The SMILES string of the molecule is CC1(F)CN(C(=O)C(NC(=O)c2nn(Cc3ccc(F)cc3)c3ccccc23)C(C)(C)C)C1. The number of nitrogens with one attached hydrogen (secondary N) is 1. The van der Waals surface area contributed by atoms with Crippen LogP contribution in [0.4, 0.5) is 8.78 Å². The van der Waals surface area contributed by atoms with Gasteiger partial charge in [-0.05, 0) is 36.1 Å². The lowest BCUT2D eigenvalue weighted by Gasteiger charge is -2.45. The zero-order chi connectivity index (χ0) is 24.0. The third kappa shape index (κ3) is 4.74. The molecule has 2 aromatic carbocycles. The highest BCUT2D eigenvalue weighted by Gasteiger charge is 2.46. The molecule has 1 aromatic heterocycles. The van der Waals surface area contributed by atoms with Crippen LogP contribution in [0.25, 0.3) is 10.9 Å². The van der Waals surface area contributed by atoms with Gasteiger partial charge in [-0.1, -0.05) is 51.1 Å². The lowest BCUT2D eigenvalue weighted by atomic mass is 9.84. The van der Waals surface area contributed by atoms with E-state index in [1.165, 1.54) is 24.0 Å². The van der Waals surface area contributed by atoms with Crippen LogP contribution in [0.3, 0.4) is 0 Å². The number of rotatable bonds is 5. The fourth-order valence-corrected chi connectivity index (χ4v) is 4.11. The number of hydrogen-bond acceptors (Lipinski definition) is 3. The smallest absolute Gasteiger partial charge is 0.273 e. The van der Waals surface area contributed by atoms with Gasteiger partial charge in [0.15, 0.2) is 5.69 Å². The molecule has 3 aromatic rings.